The van der Waals surface area contributed by atoms with Gasteiger partial charge < -0.3 is 10.1 Å². The topological polar surface area (TPSA) is 86.9 Å². The van der Waals surface area contributed by atoms with Crippen LogP contribution in [-0.2, 0) is 24.9 Å². The fourth-order valence-electron chi connectivity index (χ4n) is 4.97. The minimum atomic E-state index is 0. The molecular formula is C36H46IrN3O2-. The van der Waals surface area contributed by atoms with Crippen LogP contribution in [0.1, 0.15) is 101 Å². The van der Waals surface area contributed by atoms with Crippen LogP contribution >= 0.6 is 0 Å². The van der Waals surface area contributed by atoms with Crippen LogP contribution in [0.3, 0.4) is 0 Å². The molecule has 0 saturated heterocycles. The van der Waals surface area contributed by atoms with Crippen molar-refractivity contribution >= 4 is 5.78 Å². The van der Waals surface area contributed by atoms with Crippen molar-refractivity contribution in [2.45, 2.75) is 93.9 Å². The molecule has 5 nitrogen and oxygen atoms in total. The standard InChI is InChI=1S/C23H22N3.C13H24O2.Ir/c1-14(2)22-23(19-9-15(3)8-16(4)10-19)25-13-21(26-22)20-7-6-18(12-24)11-17(20)5;1-5-10(6-2)12(14)9-13(15)11(7-3)8-4;/h6-9,11,13-14H,1-5H3;9-11,14H,5-8H2,1-4H3;/q-1;;/b;12-9-;. The number of aryl methyl sites for hydroxylation is 3. The maximum atomic E-state index is 11.7. The van der Waals surface area contributed by atoms with Crippen LogP contribution in [0.2, 0.25) is 0 Å². The van der Waals surface area contributed by atoms with Gasteiger partial charge in [-0.1, -0.05) is 61.5 Å². The Morgan fingerprint density at radius 3 is 2.12 bits per heavy atom. The van der Waals surface area contributed by atoms with Crippen LogP contribution < -0.4 is 0 Å². The van der Waals surface area contributed by atoms with E-state index >= 15 is 0 Å². The van der Waals surface area contributed by atoms with Crippen molar-refractivity contribution in [2.75, 3.05) is 0 Å². The smallest absolute Gasteiger partial charge is 0.162 e. The van der Waals surface area contributed by atoms with Crippen molar-refractivity contribution in [1.82, 2.24) is 9.97 Å². The largest absolute Gasteiger partial charge is 0.512 e. The molecule has 0 amide bonds. The van der Waals surface area contributed by atoms with Crippen LogP contribution in [0.5, 0.6) is 0 Å². The summed E-state index contributed by atoms with van der Waals surface area (Å²) in [5.41, 5.74) is 8.67. The summed E-state index contributed by atoms with van der Waals surface area (Å²) in [5, 5.41) is 18.8. The predicted molar refractivity (Wildman–Crippen MR) is 169 cm³/mol. The fraction of sp³-hybridized carbons (Fsp3) is 0.444. The van der Waals surface area contributed by atoms with Crippen molar-refractivity contribution in [3.05, 3.63) is 82.4 Å². The molecule has 0 bridgehead atoms. The normalized spacial score (nSPS) is 11.2. The molecule has 0 aliphatic carbocycles. The SMILES string of the molecule is CCC(CC)C(=O)/C=C(\O)C(CC)CC.Cc1[c-]c(-c2ncc(-c3ccc(C#N)cc3C)nc2C(C)C)cc(C)c1.[Ir]. The minimum Gasteiger partial charge on any atom is -0.512 e. The number of carbonyl (C=O) groups is 1. The van der Waals surface area contributed by atoms with Gasteiger partial charge in [0.05, 0.1) is 23.1 Å². The number of allylic oxidation sites excluding steroid dienone is 2. The van der Waals surface area contributed by atoms with E-state index in [1.165, 1.54) is 11.6 Å². The van der Waals surface area contributed by atoms with E-state index in [0.29, 0.717) is 5.56 Å². The summed E-state index contributed by atoms with van der Waals surface area (Å²) in [7, 11) is 0. The van der Waals surface area contributed by atoms with Crippen LogP contribution in [0.25, 0.3) is 22.5 Å². The second-order valence-electron chi connectivity index (χ2n) is 11.0. The van der Waals surface area contributed by atoms with Crippen LogP contribution in [-0.4, -0.2) is 20.9 Å². The molecule has 0 aliphatic rings. The number of nitriles is 1. The van der Waals surface area contributed by atoms with Crippen molar-refractivity contribution in [3.63, 3.8) is 0 Å². The average Bonchev–Trinajstić information content (AvgIpc) is 2.93. The van der Waals surface area contributed by atoms with Gasteiger partial charge in [0.2, 0.25) is 0 Å². The zero-order chi connectivity index (χ0) is 30.7. The van der Waals surface area contributed by atoms with E-state index in [-0.39, 0.29) is 49.4 Å². The van der Waals surface area contributed by atoms with Gasteiger partial charge in [0.15, 0.2) is 5.78 Å². The summed E-state index contributed by atoms with van der Waals surface area (Å²) >= 11 is 0. The third kappa shape index (κ3) is 10.0. The number of hydrogen-bond acceptors (Lipinski definition) is 5. The number of ketones is 1. The van der Waals surface area contributed by atoms with Crippen LogP contribution in [0.4, 0.5) is 0 Å². The van der Waals surface area contributed by atoms with Crippen molar-refractivity contribution in [2.24, 2.45) is 11.8 Å². The molecule has 3 rings (SSSR count). The van der Waals surface area contributed by atoms with E-state index < -0.39 is 0 Å². The number of aliphatic hydroxyl groups excluding tert-OH is 1. The van der Waals surface area contributed by atoms with Gasteiger partial charge in [-0.3, -0.25) is 9.78 Å². The Bertz CT molecular complexity index is 1380. The third-order valence-electron chi connectivity index (χ3n) is 7.46. The van der Waals surface area contributed by atoms with Gasteiger partial charge in [0, 0.05) is 61.2 Å². The van der Waals surface area contributed by atoms with Crippen LogP contribution in [0.15, 0.2) is 48.4 Å². The van der Waals surface area contributed by atoms with Gasteiger partial charge in [-0.15, -0.1) is 34.9 Å². The van der Waals surface area contributed by atoms with Gasteiger partial charge in [-0.05, 0) is 56.2 Å². The van der Waals surface area contributed by atoms with Gasteiger partial charge in [0.25, 0.3) is 0 Å². The average molecular weight is 745 g/mol. The second kappa shape index (κ2) is 17.7. The van der Waals surface area contributed by atoms with Crippen molar-refractivity contribution in [1.29, 1.82) is 5.26 Å². The molecule has 0 aliphatic heterocycles. The first-order valence-corrected chi connectivity index (χ1v) is 14.8. The first kappa shape index (κ1) is 36.9. The molecule has 0 atom stereocenters. The molecule has 0 unspecified atom stereocenters. The fourth-order valence-corrected chi connectivity index (χ4v) is 4.97. The number of nitrogens with zero attached hydrogens (tertiary/aromatic N) is 3. The quantitative estimate of drug-likeness (QED) is 0.127. The summed E-state index contributed by atoms with van der Waals surface area (Å²) in [6.45, 7) is 18.5. The first-order chi connectivity index (χ1) is 19.5. The monoisotopic (exact) mass is 745 g/mol. The Morgan fingerprint density at radius 2 is 1.62 bits per heavy atom. The van der Waals surface area contributed by atoms with Crippen molar-refractivity contribution < 1.29 is 30.0 Å². The maximum absolute atomic E-state index is 11.7. The minimum absolute atomic E-state index is 0. The molecule has 1 N–H and O–H groups in total. The number of carbonyl (C=O) groups excluding carboxylic acids is 1. The molecule has 0 fully saturated rings. The van der Waals surface area contributed by atoms with E-state index in [9.17, 15) is 9.90 Å². The summed E-state index contributed by atoms with van der Waals surface area (Å²) in [6, 6.07) is 15.5. The molecule has 1 heterocycles. The van der Waals surface area contributed by atoms with Gasteiger partial charge in [0.1, 0.15) is 0 Å². The van der Waals surface area contributed by atoms with E-state index in [1.807, 2.05) is 65.9 Å². The predicted octanol–water partition coefficient (Wildman–Crippen LogP) is 9.40. The Labute approximate surface area is 266 Å². The molecule has 2 aromatic carbocycles. The molecule has 0 saturated carbocycles. The third-order valence-corrected chi connectivity index (χ3v) is 7.46. The Kier molecular flexibility index (Phi) is 15.6. The maximum Gasteiger partial charge on any atom is 0.162 e. The van der Waals surface area contributed by atoms with Gasteiger partial charge in [-0.2, -0.15) is 5.26 Å². The number of benzene rings is 2. The molecule has 6 heteroatoms. The van der Waals surface area contributed by atoms with E-state index in [4.69, 9.17) is 15.2 Å². The Balaban J connectivity index is 0.000000476. The molecule has 227 valence electrons. The van der Waals surface area contributed by atoms with Gasteiger partial charge in [-0.25, -0.2) is 0 Å². The summed E-state index contributed by atoms with van der Waals surface area (Å²) in [5.74, 6) is 0.788. The summed E-state index contributed by atoms with van der Waals surface area (Å²) < 4.78 is 0. The zero-order valence-corrected chi connectivity index (χ0v) is 29.0. The van der Waals surface area contributed by atoms with Gasteiger partial charge >= 0.3 is 0 Å². The summed E-state index contributed by atoms with van der Waals surface area (Å²) in [6.07, 6.45) is 6.73. The molecule has 0 spiro atoms. The molecule has 1 aromatic heterocycles. The van der Waals surface area contributed by atoms with E-state index in [1.54, 1.807) is 0 Å². The van der Waals surface area contributed by atoms with Crippen molar-refractivity contribution in [3.8, 4) is 28.6 Å². The van der Waals surface area contributed by atoms with E-state index in [2.05, 4.69) is 45.0 Å². The Hall–Kier alpha value is -3.13. The number of rotatable bonds is 10. The second-order valence-corrected chi connectivity index (χ2v) is 11.0. The number of aliphatic hydroxyl groups is 1. The molecule has 42 heavy (non-hydrogen) atoms. The van der Waals surface area contributed by atoms with E-state index in [0.717, 1.165) is 65.0 Å². The first-order valence-electron chi connectivity index (χ1n) is 14.8. The molecule has 1 radical (unpaired) electrons. The van der Waals surface area contributed by atoms with Crippen LogP contribution in [0, 0.1) is 50.0 Å². The molecular weight excluding hydrogens is 699 g/mol. The Morgan fingerprint density at radius 1 is 1.00 bits per heavy atom. The summed E-state index contributed by atoms with van der Waals surface area (Å²) in [4.78, 5) is 21.4. The zero-order valence-electron chi connectivity index (χ0n) is 26.6. The molecule has 3 aromatic rings. The number of hydrogen-bond donors (Lipinski definition) is 1. The number of aromatic nitrogens is 2.